The van der Waals surface area contributed by atoms with E-state index in [2.05, 4.69) is 0 Å². The van der Waals surface area contributed by atoms with E-state index < -0.39 is 23.7 Å². The number of nitrogens with zero attached hydrogens (tertiary/aromatic N) is 1. The highest BCUT2D eigenvalue weighted by molar-refractivity contribution is 6.42. The molecule has 0 unspecified atom stereocenters. The Hall–Kier alpha value is -1.82. The quantitative estimate of drug-likeness (QED) is 0.749. The summed E-state index contributed by atoms with van der Waals surface area (Å²) in [6.07, 6.45) is 1.34. The van der Waals surface area contributed by atoms with Gasteiger partial charge in [0.05, 0.1) is 29.1 Å². The first kappa shape index (κ1) is 19.9. The van der Waals surface area contributed by atoms with Gasteiger partial charge in [0.2, 0.25) is 0 Å². The molecule has 0 spiro atoms. The van der Waals surface area contributed by atoms with Gasteiger partial charge in [-0.3, -0.25) is 9.69 Å². The van der Waals surface area contributed by atoms with E-state index in [0.29, 0.717) is 46.4 Å². The molecule has 3 rings (SSSR count). The minimum atomic E-state index is -0.832. The van der Waals surface area contributed by atoms with Gasteiger partial charge in [-0.15, -0.1) is 0 Å². The van der Waals surface area contributed by atoms with Gasteiger partial charge in [0.25, 0.3) is 0 Å². The number of hydrogen-bond acceptors (Lipinski definition) is 3. The zero-order chi connectivity index (χ0) is 19.6. The zero-order valence-electron chi connectivity index (χ0n) is 14.8. The van der Waals surface area contributed by atoms with Crippen molar-refractivity contribution in [3.8, 4) is 5.75 Å². The molecular formula is C20H20Cl2FNO3. The van der Waals surface area contributed by atoms with E-state index in [1.807, 2.05) is 11.0 Å². The van der Waals surface area contributed by atoms with Crippen LogP contribution >= 0.6 is 23.2 Å². The van der Waals surface area contributed by atoms with Gasteiger partial charge < -0.3 is 9.84 Å². The number of hydrogen-bond donors (Lipinski definition) is 1. The van der Waals surface area contributed by atoms with Crippen LogP contribution in [0.4, 0.5) is 4.39 Å². The molecule has 0 saturated carbocycles. The Kier molecular flexibility index (Phi) is 6.25. The smallest absolute Gasteiger partial charge is 0.307 e. The van der Waals surface area contributed by atoms with Crippen molar-refractivity contribution in [1.29, 1.82) is 0 Å². The highest BCUT2D eigenvalue weighted by Gasteiger charge is 2.34. The van der Waals surface area contributed by atoms with Crippen LogP contribution in [0.15, 0.2) is 36.4 Å². The van der Waals surface area contributed by atoms with E-state index in [4.69, 9.17) is 27.9 Å². The lowest BCUT2D eigenvalue weighted by Gasteiger charge is -2.38. The molecule has 2 atom stereocenters. The Morgan fingerprint density at radius 1 is 1.30 bits per heavy atom. The largest absolute Gasteiger partial charge is 0.496 e. The molecule has 0 bridgehead atoms. The lowest BCUT2D eigenvalue weighted by atomic mass is 9.91. The topological polar surface area (TPSA) is 49.8 Å². The maximum atomic E-state index is 14.1. The average Bonchev–Trinajstić information content (AvgIpc) is 2.66. The van der Waals surface area contributed by atoms with Crippen LogP contribution in [-0.4, -0.2) is 36.2 Å². The first-order valence-electron chi connectivity index (χ1n) is 8.66. The van der Waals surface area contributed by atoms with Crippen LogP contribution in [0.25, 0.3) is 0 Å². The van der Waals surface area contributed by atoms with Crippen molar-refractivity contribution in [2.24, 2.45) is 5.92 Å². The molecule has 1 saturated heterocycles. The standard InChI is InChI=1S/C20H20Cl2FNO3/c1-27-17-8-7-13(23)10-15(17)19(14-5-2-6-16(21)18(14)22)24-9-3-4-12(11-24)20(25)26/h2,5-8,10,12,19H,3-4,9,11H2,1H3,(H,25,26)/t12-,19-/m0/s1. The van der Waals surface area contributed by atoms with Gasteiger partial charge >= 0.3 is 5.97 Å². The molecule has 1 aliphatic rings. The molecule has 144 valence electrons. The van der Waals surface area contributed by atoms with Gasteiger partial charge in [0.15, 0.2) is 0 Å². The molecule has 1 heterocycles. The van der Waals surface area contributed by atoms with Crippen LogP contribution in [0, 0.1) is 11.7 Å². The second-order valence-corrected chi connectivity index (χ2v) is 7.39. The van der Waals surface area contributed by atoms with Crippen LogP contribution < -0.4 is 4.74 Å². The van der Waals surface area contributed by atoms with E-state index in [1.54, 1.807) is 18.2 Å². The van der Waals surface area contributed by atoms with Gasteiger partial charge in [-0.25, -0.2) is 4.39 Å². The molecule has 0 aromatic heterocycles. The van der Waals surface area contributed by atoms with Crippen molar-refractivity contribution >= 4 is 29.2 Å². The number of benzene rings is 2. The number of carboxylic acids is 1. The fourth-order valence-electron chi connectivity index (χ4n) is 3.65. The molecule has 2 aromatic carbocycles. The summed E-state index contributed by atoms with van der Waals surface area (Å²) in [5, 5.41) is 10.2. The normalized spacial score (nSPS) is 18.9. The summed E-state index contributed by atoms with van der Waals surface area (Å²) in [6.45, 7) is 0.999. The first-order valence-corrected chi connectivity index (χ1v) is 9.42. The van der Waals surface area contributed by atoms with Crippen molar-refractivity contribution in [3.63, 3.8) is 0 Å². The van der Waals surface area contributed by atoms with E-state index in [1.165, 1.54) is 19.2 Å². The van der Waals surface area contributed by atoms with Gasteiger partial charge in [-0.05, 0) is 49.2 Å². The number of carbonyl (C=O) groups is 1. The lowest BCUT2D eigenvalue weighted by molar-refractivity contribution is -0.143. The van der Waals surface area contributed by atoms with Crippen LogP contribution in [0.2, 0.25) is 10.0 Å². The van der Waals surface area contributed by atoms with Gasteiger partial charge in [0, 0.05) is 12.1 Å². The van der Waals surface area contributed by atoms with Crippen molar-refractivity contribution in [2.75, 3.05) is 20.2 Å². The second-order valence-electron chi connectivity index (χ2n) is 6.60. The number of halogens is 3. The third kappa shape index (κ3) is 4.21. The SMILES string of the molecule is COc1ccc(F)cc1[C@H](c1cccc(Cl)c1Cl)N1CCC[C@H](C(=O)O)C1. The fraction of sp³-hybridized carbons (Fsp3) is 0.350. The molecule has 0 amide bonds. The number of likely N-dealkylation sites (tertiary alicyclic amines) is 1. The van der Waals surface area contributed by atoms with E-state index in [0.717, 1.165) is 6.42 Å². The Labute approximate surface area is 167 Å². The average molecular weight is 412 g/mol. The van der Waals surface area contributed by atoms with Gasteiger partial charge in [0.1, 0.15) is 11.6 Å². The number of rotatable bonds is 5. The van der Waals surface area contributed by atoms with Crippen LogP contribution in [0.3, 0.4) is 0 Å². The van der Waals surface area contributed by atoms with Gasteiger partial charge in [-0.1, -0.05) is 35.3 Å². The van der Waals surface area contributed by atoms with Crippen molar-refractivity contribution in [1.82, 2.24) is 4.90 Å². The minimum Gasteiger partial charge on any atom is -0.496 e. The van der Waals surface area contributed by atoms with Crippen LogP contribution in [0.5, 0.6) is 5.75 Å². The summed E-state index contributed by atoms with van der Waals surface area (Å²) < 4.78 is 19.5. The second kappa shape index (κ2) is 8.46. The molecule has 1 N–H and O–H groups in total. The number of aliphatic carboxylic acids is 1. The Balaban J connectivity index is 2.14. The summed E-state index contributed by atoms with van der Waals surface area (Å²) in [4.78, 5) is 13.5. The highest BCUT2D eigenvalue weighted by Crippen LogP contribution is 2.41. The Bertz CT molecular complexity index is 846. The predicted octanol–water partition coefficient (Wildman–Crippen LogP) is 5.03. The Morgan fingerprint density at radius 2 is 2.07 bits per heavy atom. The van der Waals surface area contributed by atoms with Crippen molar-refractivity contribution in [2.45, 2.75) is 18.9 Å². The molecule has 0 aliphatic carbocycles. The number of methoxy groups -OCH3 is 1. The maximum Gasteiger partial charge on any atom is 0.307 e. The molecule has 7 heteroatoms. The summed E-state index contributed by atoms with van der Waals surface area (Å²) in [6, 6.07) is 9.12. The third-order valence-corrected chi connectivity index (χ3v) is 5.76. The highest BCUT2D eigenvalue weighted by atomic mass is 35.5. The molecule has 1 fully saturated rings. The molecule has 27 heavy (non-hydrogen) atoms. The van der Waals surface area contributed by atoms with Crippen LogP contribution in [0.1, 0.15) is 30.0 Å². The molecule has 2 aromatic rings. The maximum absolute atomic E-state index is 14.1. The monoisotopic (exact) mass is 411 g/mol. The molecule has 4 nitrogen and oxygen atoms in total. The fourth-order valence-corrected chi connectivity index (χ4v) is 4.07. The molecular weight excluding hydrogens is 392 g/mol. The first-order chi connectivity index (χ1) is 12.9. The predicted molar refractivity (Wildman–Crippen MR) is 103 cm³/mol. The lowest BCUT2D eigenvalue weighted by Crippen LogP contribution is -2.41. The van der Waals surface area contributed by atoms with E-state index in [-0.39, 0.29) is 0 Å². The number of ether oxygens (including phenoxy) is 1. The summed E-state index contributed by atoms with van der Waals surface area (Å²) >= 11 is 12.7. The summed E-state index contributed by atoms with van der Waals surface area (Å²) in [7, 11) is 1.52. The molecule has 1 aliphatic heterocycles. The molecule has 0 radical (unpaired) electrons. The zero-order valence-corrected chi connectivity index (χ0v) is 16.3. The summed E-state index contributed by atoms with van der Waals surface area (Å²) in [5.41, 5.74) is 1.28. The van der Waals surface area contributed by atoms with Crippen molar-refractivity contribution < 1.29 is 19.0 Å². The Morgan fingerprint density at radius 3 is 2.78 bits per heavy atom. The summed E-state index contributed by atoms with van der Waals surface area (Å²) in [5.74, 6) is -1.21. The number of carboxylic acid groups (broad SMARTS) is 1. The third-order valence-electron chi connectivity index (χ3n) is 4.93. The minimum absolute atomic E-state index is 0.336. The van der Waals surface area contributed by atoms with E-state index in [9.17, 15) is 14.3 Å². The van der Waals surface area contributed by atoms with Crippen molar-refractivity contribution in [3.05, 3.63) is 63.4 Å². The van der Waals surface area contributed by atoms with E-state index >= 15 is 0 Å². The van der Waals surface area contributed by atoms with Gasteiger partial charge in [-0.2, -0.15) is 0 Å². The van der Waals surface area contributed by atoms with Crippen LogP contribution in [-0.2, 0) is 4.79 Å². The number of piperidine rings is 1.